The molecule has 0 N–H and O–H groups in total. The van der Waals surface area contributed by atoms with Crippen molar-refractivity contribution in [1.29, 1.82) is 0 Å². The summed E-state index contributed by atoms with van der Waals surface area (Å²) in [4.78, 5) is 5.58. The topological polar surface area (TPSA) is 22.8 Å². The van der Waals surface area contributed by atoms with E-state index in [0.29, 0.717) is 0 Å². The van der Waals surface area contributed by atoms with E-state index in [-0.39, 0.29) is 0 Å². The summed E-state index contributed by atoms with van der Waals surface area (Å²) in [7, 11) is 0. The van der Waals surface area contributed by atoms with Gasteiger partial charge in [0, 0.05) is 38.0 Å². The fourth-order valence-electron chi connectivity index (χ4n) is 11.7. The van der Waals surface area contributed by atoms with Gasteiger partial charge in [-0.15, -0.1) is 0 Å². The van der Waals surface area contributed by atoms with Gasteiger partial charge in [-0.1, -0.05) is 200 Å². The van der Waals surface area contributed by atoms with Crippen LogP contribution in [0.3, 0.4) is 0 Å². The van der Waals surface area contributed by atoms with Crippen molar-refractivity contribution < 1.29 is 0 Å². The number of pyridine rings is 1. The number of hydrogen-bond acceptors (Lipinski definition) is 1. The first-order valence-corrected chi connectivity index (χ1v) is 24.8. The van der Waals surface area contributed by atoms with E-state index in [1.165, 1.54) is 81.9 Å². The number of nitrogens with zero attached hydrogens (tertiary/aromatic N) is 3. The van der Waals surface area contributed by atoms with Crippen molar-refractivity contribution in [3.8, 4) is 55.9 Å². The van der Waals surface area contributed by atoms with Crippen molar-refractivity contribution in [2.75, 3.05) is 0 Å². The molecule has 3 heteroatoms. The molecule has 334 valence electrons. The summed E-state index contributed by atoms with van der Waals surface area (Å²) in [5.41, 5.74) is 17.1. The Morgan fingerprint density at radius 3 is 1.17 bits per heavy atom. The predicted octanol–water partition coefficient (Wildman–Crippen LogP) is 18.6. The van der Waals surface area contributed by atoms with E-state index in [9.17, 15) is 0 Å². The summed E-state index contributed by atoms with van der Waals surface area (Å²) in [6.07, 6.45) is 2.09. The fraction of sp³-hybridized carbons (Fsp3) is 0. The van der Waals surface area contributed by atoms with Crippen molar-refractivity contribution in [3.05, 3.63) is 261 Å². The smallest absolute Gasteiger partial charge is 0.0788 e. The van der Waals surface area contributed by atoms with Gasteiger partial charge in [-0.05, 0) is 126 Å². The molecular weight excluding hydrogens is 871 g/mol. The molecule has 3 heterocycles. The van der Waals surface area contributed by atoms with Gasteiger partial charge in [0.05, 0.1) is 39.5 Å². The molecule has 0 amide bonds. The van der Waals surface area contributed by atoms with Crippen LogP contribution < -0.4 is 0 Å². The van der Waals surface area contributed by atoms with Crippen molar-refractivity contribution >= 4 is 86.8 Å². The molecule has 0 radical (unpaired) electrons. The van der Waals surface area contributed by atoms with E-state index in [2.05, 4.69) is 270 Å². The Labute approximate surface area is 415 Å². The van der Waals surface area contributed by atoms with E-state index in [1.807, 2.05) is 0 Å². The highest BCUT2D eigenvalue weighted by Crippen LogP contribution is 2.47. The van der Waals surface area contributed by atoms with Gasteiger partial charge in [0.1, 0.15) is 0 Å². The Bertz CT molecular complexity index is 4340. The molecule has 72 heavy (non-hydrogen) atoms. The second-order valence-corrected chi connectivity index (χ2v) is 19.1. The molecule has 3 aromatic heterocycles. The van der Waals surface area contributed by atoms with Crippen LogP contribution in [0.15, 0.2) is 261 Å². The first-order valence-electron chi connectivity index (χ1n) is 24.8. The fourth-order valence-corrected chi connectivity index (χ4v) is 11.7. The number of benzene rings is 12. The number of hydrogen-bond donors (Lipinski definition) is 0. The quantitative estimate of drug-likeness (QED) is 0.152. The largest absolute Gasteiger partial charge is 0.309 e. The molecule has 0 spiro atoms. The van der Waals surface area contributed by atoms with E-state index in [1.54, 1.807) is 0 Å². The highest BCUT2D eigenvalue weighted by Gasteiger charge is 2.23. The van der Waals surface area contributed by atoms with Crippen LogP contribution in [0.25, 0.3) is 143 Å². The molecule has 3 nitrogen and oxygen atoms in total. The van der Waals surface area contributed by atoms with Gasteiger partial charge in [-0.25, -0.2) is 0 Å². The average molecular weight is 914 g/mol. The monoisotopic (exact) mass is 913 g/mol. The standard InChI is InChI=1S/C69H43N3/c1-3-15-44(16-4-1)46-27-31-48(32-28-46)67-61-41-54(71-63-25-13-11-23-56(63)59-37-50-19-7-9-21-52(50)39-65(59)71)35-36-58(61)69-62(68(67)49-33-29-47(30-34-49)45-17-5-2-6-18-45)42-55(43-70-69)72-64-26-14-12-24-57(64)60-38-51-20-8-10-22-53(51)40-66(60)72/h1-43H. The van der Waals surface area contributed by atoms with Gasteiger partial charge < -0.3 is 9.13 Å². The minimum absolute atomic E-state index is 0.964. The normalized spacial score (nSPS) is 11.9. The third-order valence-electron chi connectivity index (χ3n) is 15.1. The van der Waals surface area contributed by atoms with Gasteiger partial charge >= 0.3 is 0 Å². The minimum atomic E-state index is 0.964. The first-order chi connectivity index (χ1) is 35.7. The average Bonchev–Trinajstić information content (AvgIpc) is 3.95. The van der Waals surface area contributed by atoms with Crippen molar-refractivity contribution in [1.82, 2.24) is 14.1 Å². The van der Waals surface area contributed by atoms with Crippen molar-refractivity contribution in [2.24, 2.45) is 0 Å². The highest BCUT2D eigenvalue weighted by atomic mass is 15.0. The molecule has 15 aromatic rings. The minimum Gasteiger partial charge on any atom is -0.309 e. The Hall–Kier alpha value is -9.57. The third-order valence-corrected chi connectivity index (χ3v) is 15.1. The summed E-state index contributed by atoms with van der Waals surface area (Å²) in [6, 6.07) is 93.5. The van der Waals surface area contributed by atoms with Gasteiger partial charge in [0.25, 0.3) is 0 Å². The van der Waals surface area contributed by atoms with Crippen LogP contribution in [0.1, 0.15) is 0 Å². The second-order valence-electron chi connectivity index (χ2n) is 19.1. The third kappa shape index (κ3) is 6.27. The van der Waals surface area contributed by atoms with Gasteiger partial charge in [-0.2, -0.15) is 0 Å². The molecule has 12 aromatic carbocycles. The van der Waals surface area contributed by atoms with Crippen LogP contribution in [0, 0.1) is 0 Å². The highest BCUT2D eigenvalue weighted by molar-refractivity contribution is 6.22. The molecule has 0 aliphatic carbocycles. The Kier molecular flexibility index (Phi) is 8.96. The molecule has 0 atom stereocenters. The van der Waals surface area contributed by atoms with E-state index < -0.39 is 0 Å². The zero-order chi connectivity index (χ0) is 47.3. The van der Waals surface area contributed by atoms with Crippen LogP contribution in [0.4, 0.5) is 0 Å². The molecule has 0 saturated carbocycles. The molecule has 0 aliphatic rings. The molecule has 0 aliphatic heterocycles. The Balaban J connectivity index is 1.06. The lowest BCUT2D eigenvalue weighted by atomic mass is 9.85. The van der Waals surface area contributed by atoms with Gasteiger partial charge in [-0.3, -0.25) is 4.98 Å². The van der Waals surface area contributed by atoms with Crippen LogP contribution in [0.5, 0.6) is 0 Å². The number of aromatic nitrogens is 3. The van der Waals surface area contributed by atoms with E-state index in [4.69, 9.17) is 4.98 Å². The zero-order valence-electron chi connectivity index (χ0n) is 39.2. The first kappa shape index (κ1) is 40.3. The summed E-state index contributed by atoms with van der Waals surface area (Å²) in [5.74, 6) is 0. The lowest BCUT2D eigenvalue weighted by Crippen LogP contribution is -2.00. The lowest BCUT2D eigenvalue weighted by Gasteiger charge is -2.21. The number of rotatable bonds is 6. The number of para-hydroxylation sites is 2. The zero-order valence-corrected chi connectivity index (χ0v) is 39.2. The van der Waals surface area contributed by atoms with Gasteiger partial charge in [0.15, 0.2) is 0 Å². The van der Waals surface area contributed by atoms with Crippen LogP contribution >= 0.6 is 0 Å². The molecule has 0 fully saturated rings. The van der Waals surface area contributed by atoms with Gasteiger partial charge in [0.2, 0.25) is 0 Å². The molecule has 0 saturated heterocycles. The Morgan fingerprint density at radius 2 is 0.639 bits per heavy atom. The number of fused-ring (bicyclic) bond motifs is 11. The Morgan fingerprint density at radius 1 is 0.236 bits per heavy atom. The van der Waals surface area contributed by atoms with E-state index >= 15 is 0 Å². The second kappa shape index (κ2) is 16.0. The molecular formula is C69H43N3. The summed E-state index contributed by atoms with van der Waals surface area (Å²) < 4.78 is 4.87. The summed E-state index contributed by atoms with van der Waals surface area (Å²) in [6.45, 7) is 0. The van der Waals surface area contributed by atoms with Crippen molar-refractivity contribution in [3.63, 3.8) is 0 Å². The predicted molar refractivity (Wildman–Crippen MR) is 305 cm³/mol. The molecule has 0 bridgehead atoms. The maximum atomic E-state index is 5.58. The summed E-state index contributed by atoms with van der Waals surface area (Å²) in [5, 5.41) is 13.2. The van der Waals surface area contributed by atoms with E-state index in [0.717, 1.165) is 60.8 Å². The maximum absolute atomic E-state index is 5.58. The van der Waals surface area contributed by atoms with Crippen LogP contribution in [-0.2, 0) is 0 Å². The molecule has 0 unspecified atom stereocenters. The lowest BCUT2D eigenvalue weighted by molar-refractivity contribution is 1.16. The molecule has 15 rings (SSSR count). The van der Waals surface area contributed by atoms with Crippen LogP contribution in [0.2, 0.25) is 0 Å². The summed E-state index contributed by atoms with van der Waals surface area (Å²) >= 11 is 0. The van der Waals surface area contributed by atoms with Crippen molar-refractivity contribution in [2.45, 2.75) is 0 Å². The maximum Gasteiger partial charge on any atom is 0.0788 e. The SMILES string of the molecule is c1ccc(-c2ccc(-c3c(-c4ccc(-c5ccccc5)cc4)c4cc(-n5c6ccccc6c6cc7ccccc7cc65)cnc4c4ccc(-n5c6ccccc6c6cc7ccccc7cc65)cc34)cc2)cc1. The van der Waals surface area contributed by atoms with Crippen LogP contribution in [-0.4, -0.2) is 14.1 Å².